The third kappa shape index (κ3) is 1.52. The first-order chi connectivity index (χ1) is 7.65. The van der Waals surface area contributed by atoms with Crippen molar-refractivity contribution in [3.63, 3.8) is 0 Å². The van der Waals surface area contributed by atoms with Crippen molar-refractivity contribution in [1.82, 2.24) is 9.55 Å². The molecule has 1 atom stereocenters. The summed E-state index contributed by atoms with van der Waals surface area (Å²) >= 11 is 0. The predicted molar refractivity (Wildman–Crippen MR) is 55.0 cm³/mol. The molecule has 0 saturated heterocycles. The second kappa shape index (κ2) is 3.89. The fourth-order valence-corrected chi connectivity index (χ4v) is 1.63. The summed E-state index contributed by atoms with van der Waals surface area (Å²) in [5.41, 5.74) is 0.842. The molecule has 0 spiro atoms. The minimum absolute atomic E-state index is 0.110. The first-order valence-electron chi connectivity index (χ1n) is 4.79. The van der Waals surface area contributed by atoms with Crippen molar-refractivity contribution in [2.45, 2.75) is 19.4 Å². The number of rotatable bonds is 2. The normalized spacial score (nSPS) is 12.9. The SMILES string of the molecule is CC(C#N)c1nc2ccccc2n1C(F)F. The maximum Gasteiger partial charge on any atom is 0.320 e. The highest BCUT2D eigenvalue weighted by Gasteiger charge is 2.21. The van der Waals surface area contributed by atoms with Gasteiger partial charge in [-0.3, -0.25) is 4.57 Å². The fraction of sp³-hybridized carbons (Fsp3) is 0.273. The molecule has 0 N–H and O–H groups in total. The molecule has 1 unspecified atom stereocenters. The molecule has 0 bridgehead atoms. The van der Waals surface area contributed by atoms with Crippen LogP contribution in [0.5, 0.6) is 0 Å². The van der Waals surface area contributed by atoms with Crippen molar-refractivity contribution in [1.29, 1.82) is 5.26 Å². The highest BCUT2D eigenvalue weighted by atomic mass is 19.3. The molecule has 0 fully saturated rings. The van der Waals surface area contributed by atoms with E-state index < -0.39 is 12.5 Å². The Morgan fingerprint density at radius 2 is 2.06 bits per heavy atom. The number of aromatic nitrogens is 2. The van der Waals surface area contributed by atoms with Crippen LogP contribution in [-0.4, -0.2) is 9.55 Å². The smallest absolute Gasteiger partial charge is 0.269 e. The number of fused-ring (bicyclic) bond motifs is 1. The molecule has 0 aliphatic heterocycles. The van der Waals surface area contributed by atoms with E-state index in [1.165, 1.54) is 0 Å². The van der Waals surface area contributed by atoms with E-state index >= 15 is 0 Å². The van der Waals surface area contributed by atoms with Gasteiger partial charge in [0.05, 0.1) is 17.1 Å². The van der Waals surface area contributed by atoms with Crippen molar-refractivity contribution in [2.24, 2.45) is 0 Å². The molecule has 3 nitrogen and oxygen atoms in total. The lowest BCUT2D eigenvalue weighted by Gasteiger charge is -2.08. The van der Waals surface area contributed by atoms with E-state index in [1.807, 2.05) is 6.07 Å². The quantitative estimate of drug-likeness (QED) is 0.782. The number of hydrogen-bond acceptors (Lipinski definition) is 2. The molecule has 2 rings (SSSR count). The zero-order valence-corrected chi connectivity index (χ0v) is 8.56. The Balaban J connectivity index is 2.74. The van der Waals surface area contributed by atoms with Gasteiger partial charge in [-0.05, 0) is 19.1 Å². The molecule has 2 aromatic rings. The summed E-state index contributed by atoms with van der Waals surface area (Å²) in [7, 11) is 0. The van der Waals surface area contributed by atoms with Crippen LogP contribution >= 0.6 is 0 Å². The van der Waals surface area contributed by atoms with E-state index in [0.29, 0.717) is 11.0 Å². The number of hydrogen-bond donors (Lipinski definition) is 0. The largest absolute Gasteiger partial charge is 0.320 e. The second-order valence-electron chi connectivity index (χ2n) is 3.46. The lowest BCUT2D eigenvalue weighted by molar-refractivity contribution is 0.0711. The number of halogens is 2. The molecule has 1 aromatic carbocycles. The van der Waals surface area contributed by atoms with Crippen LogP contribution in [0, 0.1) is 11.3 Å². The molecule has 0 aliphatic carbocycles. The second-order valence-corrected chi connectivity index (χ2v) is 3.46. The summed E-state index contributed by atoms with van der Waals surface area (Å²) < 4.78 is 26.6. The standard InChI is InChI=1S/C11H9F2N3/c1-7(6-14)10-15-8-4-2-3-5-9(8)16(10)11(12)13/h2-5,7,11H,1H3. The van der Waals surface area contributed by atoms with Crippen molar-refractivity contribution < 1.29 is 8.78 Å². The first kappa shape index (κ1) is 10.6. The minimum Gasteiger partial charge on any atom is -0.269 e. The van der Waals surface area contributed by atoms with Gasteiger partial charge < -0.3 is 0 Å². The van der Waals surface area contributed by atoms with Gasteiger partial charge in [-0.15, -0.1) is 0 Å². The Bertz CT molecular complexity index is 554. The highest BCUT2D eigenvalue weighted by molar-refractivity contribution is 5.76. The molecular weight excluding hydrogens is 212 g/mol. The fourth-order valence-electron chi connectivity index (χ4n) is 1.63. The van der Waals surface area contributed by atoms with E-state index in [4.69, 9.17) is 5.26 Å². The minimum atomic E-state index is -2.68. The molecule has 82 valence electrons. The van der Waals surface area contributed by atoms with Crippen molar-refractivity contribution in [3.05, 3.63) is 30.1 Å². The van der Waals surface area contributed by atoms with Gasteiger partial charge in [-0.2, -0.15) is 14.0 Å². The third-order valence-electron chi connectivity index (χ3n) is 2.40. The topological polar surface area (TPSA) is 41.6 Å². The molecule has 0 amide bonds. The summed E-state index contributed by atoms with van der Waals surface area (Å²) in [6.45, 7) is -1.13. The van der Waals surface area contributed by atoms with Crippen LogP contribution in [0.25, 0.3) is 11.0 Å². The van der Waals surface area contributed by atoms with Gasteiger partial charge in [0.25, 0.3) is 0 Å². The summed E-state index contributed by atoms with van der Waals surface area (Å²) in [4.78, 5) is 4.07. The van der Waals surface area contributed by atoms with Crippen LogP contribution in [0.15, 0.2) is 24.3 Å². The molecule has 0 saturated carbocycles. The number of para-hydroxylation sites is 2. The Morgan fingerprint density at radius 3 is 2.69 bits per heavy atom. The van der Waals surface area contributed by atoms with Crippen LogP contribution in [-0.2, 0) is 0 Å². The number of alkyl halides is 2. The van der Waals surface area contributed by atoms with Gasteiger partial charge in [0.15, 0.2) is 0 Å². The van der Waals surface area contributed by atoms with Gasteiger partial charge in [0, 0.05) is 0 Å². The zero-order valence-electron chi connectivity index (χ0n) is 8.56. The molecule has 16 heavy (non-hydrogen) atoms. The molecule has 1 aromatic heterocycles. The Hall–Kier alpha value is -1.96. The van der Waals surface area contributed by atoms with E-state index in [9.17, 15) is 8.78 Å². The van der Waals surface area contributed by atoms with Crippen LogP contribution in [0.1, 0.15) is 25.2 Å². The third-order valence-corrected chi connectivity index (χ3v) is 2.40. The van der Waals surface area contributed by atoms with Crippen molar-refractivity contribution in [2.75, 3.05) is 0 Å². The van der Waals surface area contributed by atoms with Gasteiger partial charge in [0.2, 0.25) is 0 Å². The first-order valence-corrected chi connectivity index (χ1v) is 4.79. The van der Waals surface area contributed by atoms with E-state index in [0.717, 1.165) is 4.57 Å². The summed E-state index contributed by atoms with van der Waals surface area (Å²) in [5, 5.41) is 8.77. The Labute approximate surface area is 90.9 Å². The molecule has 0 aliphatic rings. The van der Waals surface area contributed by atoms with Gasteiger partial charge in [-0.1, -0.05) is 12.1 Å². The van der Waals surface area contributed by atoms with Gasteiger partial charge in [-0.25, -0.2) is 4.98 Å². The molecular formula is C11H9F2N3. The van der Waals surface area contributed by atoms with Crippen molar-refractivity contribution >= 4 is 11.0 Å². The van der Waals surface area contributed by atoms with E-state index in [-0.39, 0.29) is 5.82 Å². The average Bonchev–Trinajstić information content (AvgIpc) is 2.67. The zero-order chi connectivity index (χ0) is 11.7. The van der Waals surface area contributed by atoms with E-state index in [1.54, 1.807) is 31.2 Å². The van der Waals surface area contributed by atoms with Crippen LogP contribution in [0.2, 0.25) is 0 Å². The highest BCUT2D eigenvalue weighted by Crippen LogP contribution is 2.26. The monoisotopic (exact) mass is 221 g/mol. The van der Waals surface area contributed by atoms with Crippen LogP contribution in [0.3, 0.4) is 0 Å². The van der Waals surface area contributed by atoms with Gasteiger partial charge in [0.1, 0.15) is 11.7 Å². The Morgan fingerprint density at radius 1 is 1.38 bits per heavy atom. The maximum absolute atomic E-state index is 12.9. The van der Waals surface area contributed by atoms with Gasteiger partial charge >= 0.3 is 6.55 Å². The van der Waals surface area contributed by atoms with Crippen molar-refractivity contribution in [3.8, 4) is 6.07 Å². The summed E-state index contributed by atoms with van der Waals surface area (Å²) in [5.74, 6) is -0.542. The predicted octanol–water partition coefficient (Wildman–Crippen LogP) is 3.06. The number of imidazole rings is 1. The maximum atomic E-state index is 12.9. The Kier molecular flexibility index (Phi) is 2.57. The van der Waals surface area contributed by atoms with Crippen LogP contribution < -0.4 is 0 Å². The summed E-state index contributed by atoms with van der Waals surface area (Å²) in [6.07, 6.45) is 0. The lowest BCUT2D eigenvalue weighted by Crippen LogP contribution is -2.06. The number of nitriles is 1. The average molecular weight is 221 g/mol. The number of nitrogens with zero attached hydrogens (tertiary/aromatic N) is 3. The molecule has 5 heteroatoms. The molecule has 1 heterocycles. The number of benzene rings is 1. The lowest BCUT2D eigenvalue weighted by atomic mass is 10.2. The molecule has 0 radical (unpaired) electrons. The summed E-state index contributed by atoms with van der Waals surface area (Å²) in [6, 6.07) is 8.55. The van der Waals surface area contributed by atoms with E-state index in [2.05, 4.69) is 4.98 Å². The van der Waals surface area contributed by atoms with Crippen LogP contribution in [0.4, 0.5) is 8.78 Å².